The second-order valence-electron chi connectivity index (χ2n) is 4.59. The number of ether oxygens (including phenoxy) is 1. The summed E-state index contributed by atoms with van der Waals surface area (Å²) in [5, 5.41) is 10.5. The first-order chi connectivity index (χ1) is 9.81. The van der Waals surface area contributed by atoms with Gasteiger partial charge in [0.25, 0.3) is 5.91 Å². The Hall–Kier alpha value is -2.41. The van der Waals surface area contributed by atoms with Crippen LogP contribution in [0, 0.1) is 13.8 Å². The number of hydrogen-bond acceptors (Lipinski definition) is 4. The van der Waals surface area contributed by atoms with Crippen molar-refractivity contribution in [3.05, 3.63) is 29.3 Å². The van der Waals surface area contributed by atoms with Crippen LogP contribution in [0.15, 0.2) is 18.2 Å². The molecule has 0 aliphatic carbocycles. The number of carboxylic acids is 1. The number of carbonyl (C=O) groups excluding carboxylic acids is 2. The molecule has 1 aromatic rings. The number of nitrogens with zero attached hydrogens (tertiary/aromatic N) is 1. The Kier molecular flexibility index (Phi) is 5.86. The molecule has 0 aromatic heterocycles. The largest absolute Gasteiger partial charge is 0.480 e. The van der Waals surface area contributed by atoms with Gasteiger partial charge < -0.3 is 9.84 Å². The summed E-state index contributed by atoms with van der Waals surface area (Å²) in [6.45, 7) is 2.73. The molecule has 0 saturated carbocycles. The predicted octanol–water partition coefficient (Wildman–Crippen LogP) is 1.08. The Balaban J connectivity index is 2.58. The highest BCUT2D eigenvalue weighted by Crippen LogP contribution is 2.19. The first-order valence-corrected chi connectivity index (χ1v) is 6.25. The summed E-state index contributed by atoms with van der Waals surface area (Å²) < 4.78 is 4.60. The van der Waals surface area contributed by atoms with Crippen LogP contribution in [0.25, 0.3) is 0 Å². The number of anilines is 1. The standard InChI is InChI=1S/C14H18N2O5/c1-9-4-5-11(10(2)6-9)16(3)14(20)15-12(17)7-21-8-13(18)19/h4-6H,7-8H2,1-3H3,(H,18,19)(H,15,17,20). The van der Waals surface area contributed by atoms with Crippen LogP contribution in [0.5, 0.6) is 0 Å². The highest BCUT2D eigenvalue weighted by molar-refractivity contribution is 6.03. The van der Waals surface area contributed by atoms with Crippen molar-refractivity contribution >= 4 is 23.6 Å². The first-order valence-electron chi connectivity index (χ1n) is 6.25. The zero-order valence-corrected chi connectivity index (χ0v) is 12.2. The van der Waals surface area contributed by atoms with E-state index in [1.807, 2.05) is 26.0 Å². The van der Waals surface area contributed by atoms with Crippen LogP contribution in [0.3, 0.4) is 0 Å². The van der Waals surface area contributed by atoms with Gasteiger partial charge in [0.15, 0.2) is 0 Å². The third-order valence-electron chi connectivity index (χ3n) is 2.72. The number of hydrogen-bond donors (Lipinski definition) is 2. The monoisotopic (exact) mass is 294 g/mol. The maximum atomic E-state index is 11.9. The molecule has 21 heavy (non-hydrogen) atoms. The SMILES string of the molecule is Cc1ccc(N(C)C(=O)NC(=O)COCC(=O)O)c(C)c1. The molecule has 2 N–H and O–H groups in total. The number of amides is 3. The number of aryl methyl sites for hydroxylation is 2. The van der Waals surface area contributed by atoms with E-state index in [2.05, 4.69) is 10.1 Å². The second-order valence-corrected chi connectivity index (χ2v) is 4.59. The van der Waals surface area contributed by atoms with Gasteiger partial charge in [-0.2, -0.15) is 0 Å². The van der Waals surface area contributed by atoms with E-state index in [9.17, 15) is 14.4 Å². The highest BCUT2D eigenvalue weighted by Gasteiger charge is 2.16. The summed E-state index contributed by atoms with van der Waals surface area (Å²) in [5.74, 6) is -1.88. The second kappa shape index (κ2) is 7.39. The lowest BCUT2D eigenvalue weighted by Crippen LogP contribution is -2.42. The summed E-state index contributed by atoms with van der Waals surface area (Å²) in [5.41, 5.74) is 2.66. The van der Waals surface area contributed by atoms with Crippen LogP contribution in [-0.4, -0.2) is 43.3 Å². The van der Waals surface area contributed by atoms with Gasteiger partial charge >= 0.3 is 12.0 Å². The van der Waals surface area contributed by atoms with Crippen molar-refractivity contribution in [3.8, 4) is 0 Å². The Labute approximate surface area is 122 Å². The molecule has 0 fully saturated rings. The van der Waals surface area contributed by atoms with E-state index in [-0.39, 0.29) is 0 Å². The van der Waals surface area contributed by atoms with Gasteiger partial charge in [-0.05, 0) is 25.5 Å². The lowest BCUT2D eigenvalue weighted by molar-refractivity contribution is -0.143. The van der Waals surface area contributed by atoms with Crippen molar-refractivity contribution < 1.29 is 24.2 Å². The molecule has 0 bridgehead atoms. The van der Waals surface area contributed by atoms with Crippen molar-refractivity contribution in [1.82, 2.24) is 5.32 Å². The Morgan fingerprint density at radius 1 is 1.24 bits per heavy atom. The fraction of sp³-hybridized carbons (Fsp3) is 0.357. The molecule has 0 aliphatic heterocycles. The van der Waals surface area contributed by atoms with Crippen LogP contribution < -0.4 is 10.2 Å². The van der Waals surface area contributed by atoms with Crippen molar-refractivity contribution in [2.75, 3.05) is 25.2 Å². The third kappa shape index (κ3) is 5.23. The molecule has 7 heteroatoms. The van der Waals surface area contributed by atoms with Crippen LogP contribution >= 0.6 is 0 Å². The minimum absolute atomic E-state index is 0.487. The molecule has 7 nitrogen and oxygen atoms in total. The number of carboxylic acid groups (broad SMARTS) is 1. The molecule has 3 amide bonds. The number of nitrogens with one attached hydrogen (secondary N) is 1. The van der Waals surface area contributed by atoms with Gasteiger partial charge in [-0.1, -0.05) is 17.7 Å². The van der Waals surface area contributed by atoms with Gasteiger partial charge in [0, 0.05) is 12.7 Å². The number of aliphatic carboxylic acids is 1. The average Bonchev–Trinajstić information content (AvgIpc) is 2.37. The van der Waals surface area contributed by atoms with Crippen molar-refractivity contribution in [2.45, 2.75) is 13.8 Å². The third-order valence-corrected chi connectivity index (χ3v) is 2.72. The fourth-order valence-electron chi connectivity index (χ4n) is 1.76. The van der Waals surface area contributed by atoms with Gasteiger partial charge in [0.05, 0.1) is 0 Å². The number of urea groups is 1. The lowest BCUT2D eigenvalue weighted by Gasteiger charge is -2.19. The Morgan fingerprint density at radius 3 is 2.48 bits per heavy atom. The summed E-state index contributed by atoms with van der Waals surface area (Å²) >= 11 is 0. The van der Waals surface area contributed by atoms with Gasteiger partial charge in [-0.25, -0.2) is 9.59 Å². The minimum Gasteiger partial charge on any atom is -0.480 e. The average molecular weight is 294 g/mol. The molecular weight excluding hydrogens is 276 g/mol. The smallest absolute Gasteiger partial charge is 0.329 e. The van der Waals surface area contributed by atoms with Gasteiger partial charge in [0.2, 0.25) is 0 Å². The zero-order valence-electron chi connectivity index (χ0n) is 12.2. The topological polar surface area (TPSA) is 95.9 Å². The van der Waals surface area contributed by atoms with E-state index >= 15 is 0 Å². The van der Waals surface area contributed by atoms with Gasteiger partial charge in [-0.3, -0.25) is 15.0 Å². The maximum absolute atomic E-state index is 11.9. The van der Waals surface area contributed by atoms with Crippen molar-refractivity contribution in [1.29, 1.82) is 0 Å². The van der Waals surface area contributed by atoms with E-state index < -0.39 is 31.1 Å². The Bertz CT molecular complexity index is 556. The highest BCUT2D eigenvalue weighted by atomic mass is 16.5. The van der Waals surface area contributed by atoms with E-state index in [1.165, 1.54) is 4.90 Å². The first kappa shape index (κ1) is 16.6. The molecule has 0 radical (unpaired) electrons. The van der Waals surface area contributed by atoms with E-state index in [0.29, 0.717) is 5.69 Å². The minimum atomic E-state index is -1.18. The Morgan fingerprint density at radius 2 is 1.90 bits per heavy atom. The number of carbonyl (C=O) groups is 3. The molecule has 1 aromatic carbocycles. The zero-order chi connectivity index (χ0) is 16.0. The number of rotatable bonds is 5. The van der Waals surface area contributed by atoms with E-state index in [0.717, 1.165) is 11.1 Å². The molecule has 0 spiro atoms. The molecular formula is C14H18N2O5. The number of imide groups is 1. The molecule has 114 valence electrons. The molecule has 0 heterocycles. The van der Waals surface area contributed by atoms with Crippen molar-refractivity contribution in [2.24, 2.45) is 0 Å². The summed E-state index contributed by atoms with van der Waals surface area (Å²) in [7, 11) is 1.54. The quantitative estimate of drug-likeness (QED) is 0.847. The molecule has 1 rings (SSSR count). The summed E-state index contributed by atoms with van der Waals surface area (Å²) in [6, 6.07) is 4.97. The van der Waals surface area contributed by atoms with Crippen LogP contribution in [-0.2, 0) is 14.3 Å². The van der Waals surface area contributed by atoms with E-state index in [1.54, 1.807) is 13.1 Å². The lowest BCUT2D eigenvalue weighted by atomic mass is 10.1. The van der Waals surface area contributed by atoms with Crippen LogP contribution in [0.1, 0.15) is 11.1 Å². The molecule has 0 unspecified atom stereocenters. The normalized spacial score (nSPS) is 10.0. The molecule has 0 saturated heterocycles. The van der Waals surface area contributed by atoms with Crippen LogP contribution in [0.2, 0.25) is 0 Å². The van der Waals surface area contributed by atoms with Crippen LogP contribution in [0.4, 0.5) is 10.5 Å². The summed E-state index contributed by atoms with van der Waals surface area (Å²) in [4.78, 5) is 34.9. The van der Waals surface area contributed by atoms with Gasteiger partial charge in [-0.15, -0.1) is 0 Å². The summed E-state index contributed by atoms with van der Waals surface area (Å²) in [6.07, 6.45) is 0. The molecule has 0 atom stereocenters. The van der Waals surface area contributed by atoms with Gasteiger partial charge in [0.1, 0.15) is 13.2 Å². The molecule has 0 aliphatic rings. The fourth-order valence-corrected chi connectivity index (χ4v) is 1.76. The number of benzene rings is 1. The maximum Gasteiger partial charge on any atom is 0.329 e. The van der Waals surface area contributed by atoms with E-state index in [4.69, 9.17) is 5.11 Å². The van der Waals surface area contributed by atoms with Crippen molar-refractivity contribution in [3.63, 3.8) is 0 Å². The predicted molar refractivity (Wildman–Crippen MR) is 76.3 cm³/mol.